The number of halogens is 1. The van der Waals surface area contributed by atoms with Gasteiger partial charge in [-0.2, -0.15) is 0 Å². The maximum Gasteiger partial charge on any atom is 0.289 e. The number of nitro benzene ring substituents is 1. The second-order valence-electron chi connectivity index (χ2n) is 5.27. The summed E-state index contributed by atoms with van der Waals surface area (Å²) in [5, 5.41) is 13.6. The van der Waals surface area contributed by atoms with Gasteiger partial charge in [0.05, 0.1) is 4.92 Å². The van der Waals surface area contributed by atoms with Crippen molar-refractivity contribution in [1.82, 2.24) is 0 Å². The summed E-state index contributed by atoms with van der Waals surface area (Å²) in [6, 6.07) is 14.1. The zero-order valence-corrected chi connectivity index (χ0v) is 12.3. The molecular weight excluding hydrogens is 304 g/mol. The van der Waals surface area contributed by atoms with E-state index >= 15 is 0 Å². The van der Waals surface area contributed by atoms with E-state index in [4.69, 9.17) is 11.6 Å². The van der Waals surface area contributed by atoms with E-state index in [9.17, 15) is 14.9 Å². The highest BCUT2D eigenvalue weighted by Gasteiger charge is 2.43. The Labute approximate surface area is 132 Å². The number of benzene rings is 2. The van der Waals surface area contributed by atoms with Gasteiger partial charge in [0.25, 0.3) is 5.69 Å². The first-order valence-corrected chi connectivity index (χ1v) is 7.24. The molecule has 1 amide bonds. The minimum atomic E-state index is -0.568. The van der Waals surface area contributed by atoms with Crippen molar-refractivity contribution < 1.29 is 9.72 Å². The number of rotatable bonds is 4. The highest BCUT2D eigenvalue weighted by atomic mass is 35.5. The molecule has 1 fully saturated rings. The fourth-order valence-corrected chi connectivity index (χ4v) is 2.71. The Balaban J connectivity index is 1.69. The van der Waals surface area contributed by atoms with Gasteiger partial charge in [0.15, 0.2) is 0 Å². The average molecular weight is 317 g/mol. The molecule has 1 saturated carbocycles. The molecule has 0 radical (unpaired) electrons. The maximum atomic E-state index is 12.2. The second kappa shape index (κ2) is 5.77. The van der Waals surface area contributed by atoms with E-state index in [2.05, 4.69) is 5.32 Å². The van der Waals surface area contributed by atoms with E-state index in [0.29, 0.717) is 5.69 Å². The average Bonchev–Trinajstić information content (AvgIpc) is 3.30. The number of carbonyl (C=O) groups excluding carboxylic acids is 1. The number of amides is 1. The van der Waals surface area contributed by atoms with Gasteiger partial charge in [0.2, 0.25) is 5.91 Å². The molecule has 2 aromatic rings. The summed E-state index contributed by atoms with van der Waals surface area (Å²) in [5.41, 5.74) is 1.32. The van der Waals surface area contributed by atoms with Crippen molar-refractivity contribution >= 4 is 28.9 Å². The van der Waals surface area contributed by atoms with Gasteiger partial charge in [-0.1, -0.05) is 41.9 Å². The van der Waals surface area contributed by atoms with Crippen molar-refractivity contribution in [1.29, 1.82) is 0 Å². The molecule has 0 spiro atoms. The van der Waals surface area contributed by atoms with E-state index in [1.165, 1.54) is 12.1 Å². The Morgan fingerprint density at radius 2 is 1.95 bits per heavy atom. The molecule has 2 atom stereocenters. The van der Waals surface area contributed by atoms with Gasteiger partial charge in [-0.05, 0) is 30.0 Å². The predicted octanol–water partition coefficient (Wildman–Crippen LogP) is 3.99. The first kappa shape index (κ1) is 14.5. The van der Waals surface area contributed by atoms with Crippen molar-refractivity contribution in [2.24, 2.45) is 5.92 Å². The molecule has 0 bridgehead atoms. The van der Waals surface area contributed by atoms with Gasteiger partial charge in [0.1, 0.15) is 5.02 Å². The molecule has 1 aliphatic carbocycles. The third kappa shape index (κ3) is 2.94. The molecule has 3 rings (SSSR count). The Morgan fingerprint density at radius 3 is 2.64 bits per heavy atom. The Morgan fingerprint density at radius 1 is 1.23 bits per heavy atom. The molecule has 6 heteroatoms. The lowest BCUT2D eigenvalue weighted by Gasteiger charge is -2.05. The van der Waals surface area contributed by atoms with Crippen LogP contribution in [0.3, 0.4) is 0 Å². The molecule has 2 aromatic carbocycles. The molecular formula is C16H13ClN2O3. The van der Waals surface area contributed by atoms with E-state index in [1.807, 2.05) is 30.3 Å². The van der Waals surface area contributed by atoms with Crippen molar-refractivity contribution in [3.63, 3.8) is 0 Å². The molecule has 5 nitrogen and oxygen atoms in total. The van der Waals surface area contributed by atoms with Crippen molar-refractivity contribution in [2.45, 2.75) is 12.3 Å². The van der Waals surface area contributed by atoms with Crippen LogP contribution in [-0.4, -0.2) is 10.8 Å². The number of nitrogens with one attached hydrogen (secondary N) is 1. The van der Waals surface area contributed by atoms with Crippen LogP contribution in [0.2, 0.25) is 5.02 Å². The van der Waals surface area contributed by atoms with Crippen molar-refractivity contribution in [3.8, 4) is 0 Å². The van der Waals surface area contributed by atoms with E-state index < -0.39 is 4.92 Å². The lowest BCUT2D eigenvalue weighted by Crippen LogP contribution is -2.14. The van der Waals surface area contributed by atoms with Crippen LogP contribution in [0.1, 0.15) is 17.9 Å². The quantitative estimate of drug-likeness (QED) is 0.684. The zero-order chi connectivity index (χ0) is 15.7. The second-order valence-corrected chi connectivity index (χ2v) is 5.68. The van der Waals surface area contributed by atoms with Crippen LogP contribution in [0, 0.1) is 16.0 Å². The largest absolute Gasteiger partial charge is 0.326 e. The number of hydrogen-bond acceptors (Lipinski definition) is 3. The van der Waals surface area contributed by atoms with Crippen LogP contribution in [0.15, 0.2) is 48.5 Å². The predicted molar refractivity (Wildman–Crippen MR) is 84.0 cm³/mol. The SMILES string of the molecule is O=C(Nc1ccc(Cl)c([N+](=O)[O-])c1)[C@@H]1C[C@H]1c1ccccc1. The maximum absolute atomic E-state index is 12.2. The molecule has 0 aromatic heterocycles. The lowest BCUT2D eigenvalue weighted by atomic mass is 10.1. The Kier molecular flexibility index (Phi) is 3.81. The summed E-state index contributed by atoms with van der Waals surface area (Å²) in [4.78, 5) is 22.5. The number of anilines is 1. The molecule has 1 N–H and O–H groups in total. The standard InChI is InChI=1S/C16H13ClN2O3/c17-14-7-6-11(8-15(14)19(21)22)18-16(20)13-9-12(13)10-4-2-1-3-5-10/h1-8,12-13H,9H2,(H,18,20)/t12-,13+/m0/s1. The summed E-state index contributed by atoms with van der Waals surface area (Å²) in [5.74, 6) is 0.0195. The van der Waals surface area contributed by atoms with Gasteiger partial charge >= 0.3 is 0 Å². The first-order valence-electron chi connectivity index (χ1n) is 6.86. The summed E-state index contributed by atoms with van der Waals surface area (Å²) in [6.45, 7) is 0. The fourth-order valence-electron chi connectivity index (χ4n) is 2.52. The third-order valence-corrected chi connectivity index (χ3v) is 4.08. The molecule has 0 heterocycles. The molecule has 0 unspecified atom stereocenters. The van der Waals surface area contributed by atoms with Gasteiger partial charge in [-0.25, -0.2) is 0 Å². The third-order valence-electron chi connectivity index (χ3n) is 3.77. The van der Waals surface area contributed by atoms with E-state index in [1.54, 1.807) is 6.07 Å². The van der Waals surface area contributed by atoms with E-state index in [-0.39, 0.29) is 28.5 Å². The topological polar surface area (TPSA) is 72.2 Å². The number of hydrogen-bond donors (Lipinski definition) is 1. The van der Waals surface area contributed by atoms with Crippen LogP contribution in [0.25, 0.3) is 0 Å². The fraction of sp³-hybridized carbons (Fsp3) is 0.188. The summed E-state index contributed by atoms with van der Waals surface area (Å²) in [7, 11) is 0. The Hall–Kier alpha value is -2.40. The molecule has 112 valence electrons. The highest BCUT2D eigenvalue weighted by Crippen LogP contribution is 2.48. The number of nitrogens with zero attached hydrogens (tertiary/aromatic N) is 1. The lowest BCUT2D eigenvalue weighted by molar-refractivity contribution is -0.384. The van der Waals surface area contributed by atoms with Gasteiger partial charge in [-0.15, -0.1) is 0 Å². The zero-order valence-electron chi connectivity index (χ0n) is 11.5. The summed E-state index contributed by atoms with van der Waals surface area (Å²) in [6.07, 6.45) is 0.797. The van der Waals surface area contributed by atoms with E-state index in [0.717, 1.165) is 12.0 Å². The van der Waals surface area contributed by atoms with Crippen LogP contribution in [0.4, 0.5) is 11.4 Å². The van der Waals surface area contributed by atoms with Crippen molar-refractivity contribution in [3.05, 3.63) is 69.2 Å². The van der Waals surface area contributed by atoms with Crippen molar-refractivity contribution in [2.75, 3.05) is 5.32 Å². The highest BCUT2D eigenvalue weighted by molar-refractivity contribution is 6.32. The normalized spacial score (nSPS) is 19.5. The van der Waals surface area contributed by atoms with Crippen LogP contribution in [-0.2, 0) is 4.79 Å². The van der Waals surface area contributed by atoms with Crippen LogP contribution < -0.4 is 5.32 Å². The van der Waals surface area contributed by atoms with Gasteiger partial charge < -0.3 is 5.32 Å². The van der Waals surface area contributed by atoms with Gasteiger partial charge in [0, 0.05) is 17.7 Å². The summed E-state index contributed by atoms with van der Waals surface area (Å²) >= 11 is 5.75. The van der Waals surface area contributed by atoms with Crippen LogP contribution >= 0.6 is 11.6 Å². The minimum Gasteiger partial charge on any atom is -0.326 e. The molecule has 0 aliphatic heterocycles. The monoisotopic (exact) mass is 316 g/mol. The number of nitro groups is 1. The molecule has 22 heavy (non-hydrogen) atoms. The minimum absolute atomic E-state index is 0.0524. The van der Waals surface area contributed by atoms with Gasteiger partial charge in [-0.3, -0.25) is 14.9 Å². The summed E-state index contributed by atoms with van der Waals surface area (Å²) < 4.78 is 0. The smallest absolute Gasteiger partial charge is 0.289 e. The van der Waals surface area contributed by atoms with Crippen LogP contribution in [0.5, 0.6) is 0 Å². The molecule has 0 saturated heterocycles. The number of carbonyl (C=O) groups is 1. The molecule has 1 aliphatic rings. The Bertz CT molecular complexity index is 733. The first-order chi connectivity index (χ1) is 10.6.